The fourth-order valence-corrected chi connectivity index (χ4v) is 2.36. The van der Waals surface area contributed by atoms with Gasteiger partial charge in [0.25, 0.3) is 0 Å². The highest BCUT2D eigenvalue weighted by molar-refractivity contribution is 5.74. The number of nitrogens with zero attached hydrogens (tertiary/aromatic N) is 3. The number of anilines is 1. The maximum absolute atomic E-state index is 12.2. The Labute approximate surface area is 127 Å². The van der Waals surface area contributed by atoms with Crippen molar-refractivity contribution in [2.45, 2.75) is 12.6 Å². The Bertz CT molecular complexity index is 629. The van der Waals surface area contributed by atoms with E-state index in [0.717, 1.165) is 5.56 Å². The van der Waals surface area contributed by atoms with Crippen LogP contribution in [0.4, 0.5) is 10.7 Å². The van der Waals surface area contributed by atoms with Gasteiger partial charge in [0, 0.05) is 6.54 Å². The molecule has 0 bridgehead atoms. The van der Waals surface area contributed by atoms with E-state index in [9.17, 15) is 4.79 Å². The van der Waals surface area contributed by atoms with Gasteiger partial charge in [-0.05, 0) is 5.56 Å². The summed E-state index contributed by atoms with van der Waals surface area (Å²) in [5.41, 5.74) is 6.49. The number of hydrogen-bond donors (Lipinski definition) is 3. The lowest BCUT2D eigenvalue weighted by molar-refractivity contribution is -0.0155. The lowest BCUT2D eigenvalue weighted by Gasteiger charge is -2.33. The molecule has 4 N–H and O–H groups in total. The molecule has 0 spiro atoms. The van der Waals surface area contributed by atoms with Crippen molar-refractivity contribution < 1.29 is 9.53 Å². The van der Waals surface area contributed by atoms with Gasteiger partial charge in [0.15, 0.2) is 0 Å². The highest BCUT2D eigenvalue weighted by Crippen LogP contribution is 2.21. The fourth-order valence-electron chi connectivity index (χ4n) is 2.36. The number of nitrogens with one attached hydrogen (secondary N) is 2. The van der Waals surface area contributed by atoms with Gasteiger partial charge >= 0.3 is 6.03 Å². The molecule has 22 heavy (non-hydrogen) atoms. The number of ether oxygens (including phenoxy) is 1. The van der Waals surface area contributed by atoms with E-state index < -0.39 is 0 Å². The molecular weight excluding hydrogens is 284 g/mol. The predicted octanol–water partition coefficient (Wildman–Crippen LogP) is 0.670. The topological polar surface area (TPSA) is 109 Å². The van der Waals surface area contributed by atoms with Crippen LogP contribution < -0.4 is 11.1 Å². The van der Waals surface area contributed by atoms with Gasteiger partial charge in [-0.3, -0.25) is 5.10 Å². The first-order valence-electron chi connectivity index (χ1n) is 7.08. The molecule has 3 rings (SSSR count). The molecule has 1 aromatic carbocycles. The van der Waals surface area contributed by atoms with Crippen LogP contribution in [0.2, 0.25) is 0 Å². The summed E-state index contributed by atoms with van der Waals surface area (Å²) in [7, 11) is 0. The van der Waals surface area contributed by atoms with Crippen LogP contribution in [0.5, 0.6) is 0 Å². The first-order chi connectivity index (χ1) is 10.7. The van der Waals surface area contributed by atoms with E-state index in [1.54, 1.807) is 4.90 Å². The number of aromatic amines is 1. The minimum Gasteiger partial charge on any atom is -0.370 e. The number of carbonyl (C=O) groups is 1. The molecule has 1 saturated heterocycles. The van der Waals surface area contributed by atoms with Crippen molar-refractivity contribution in [1.29, 1.82) is 0 Å². The second kappa shape index (κ2) is 6.44. The van der Waals surface area contributed by atoms with Crippen LogP contribution in [0.15, 0.2) is 30.3 Å². The number of carbonyl (C=O) groups excluding carboxylic acids is 1. The average Bonchev–Trinajstić information content (AvgIpc) is 2.99. The zero-order valence-corrected chi connectivity index (χ0v) is 12.0. The minimum absolute atomic E-state index is 0.0957. The van der Waals surface area contributed by atoms with Crippen molar-refractivity contribution >= 4 is 12.0 Å². The highest BCUT2D eigenvalue weighted by atomic mass is 16.5. The summed E-state index contributed by atoms with van der Waals surface area (Å²) in [6.07, 6.45) is -0.0957. The molecule has 8 nitrogen and oxygen atoms in total. The predicted molar refractivity (Wildman–Crippen MR) is 79.7 cm³/mol. The van der Waals surface area contributed by atoms with E-state index in [1.165, 1.54) is 0 Å². The molecule has 1 atom stereocenters. The van der Waals surface area contributed by atoms with Crippen molar-refractivity contribution in [3.05, 3.63) is 41.7 Å². The summed E-state index contributed by atoms with van der Waals surface area (Å²) in [5.74, 6) is 0.693. The Balaban J connectivity index is 1.56. The average molecular weight is 302 g/mol. The number of hydrogen-bond acceptors (Lipinski definition) is 5. The van der Waals surface area contributed by atoms with Gasteiger partial charge < -0.3 is 20.7 Å². The second-order valence-electron chi connectivity index (χ2n) is 5.02. The van der Waals surface area contributed by atoms with Gasteiger partial charge in [0.1, 0.15) is 11.9 Å². The van der Waals surface area contributed by atoms with Crippen LogP contribution in [-0.4, -0.2) is 45.8 Å². The summed E-state index contributed by atoms with van der Waals surface area (Å²) in [6.45, 7) is 1.86. The van der Waals surface area contributed by atoms with Crippen LogP contribution >= 0.6 is 0 Å². The fraction of sp³-hybridized carbons (Fsp3) is 0.357. The Morgan fingerprint density at radius 1 is 1.45 bits per heavy atom. The number of nitrogens with two attached hydrogens (primary N) is 1. The highest BCUT2D eigenvalue weighted by Gasteiger charge is 2.25. The molecule has 1 aromatic heterocycles. The number of nitrogen functional groups attached to an aromatic ring is 1. The zero-order chi connectivity index (χ0) is 15.4. The third-order valence-corrected chi connectivity index (χ3v) is 3.48. The van der Waals surface area contributed by atoms with E-state index in [-0.39, 0.29) is 24.6 Å². The minimum atomic E-state index is -0.154. The molecule has 116 valence electrons. The van der Waals surface area contributed by atoms with Crippen LogP contribution in [-0.2, 0) is 11.3 Å². The van der Waals surface area contributed by atoms with Gasteiger partial charge in [-0.15, -0.1) is 5.10 Å². The monoisotopic (exact) mass is 302 g/mol. The standard InChI is InChI=1S/C14H18N6O2/c15-13-17-12(18-19-13)8-16-14(21)20-6-7-22-11(9-20)10-4-2-1-3-5-10/h1-5,11H,6-9H2,(H,16,21)(H3,15,17,18,19). The van der Waals surface area contributed by atoms with Crippen molar-refractivity contribution in [3.8, 4) is 0 Å². The van der Waals surface area contributed by atoms with Crippen LogP contribution in [0.1, 0.15) is 17.5 Å². The van der Waals surface area contributed by atoms with E-state index in [0.29, 0.717) is 25.5 Å². The van der Waals surface area contributed by atoms with Crippen LogP contribution in [0, 0.1) is 0 Å². The Kier molecular flexibility index (Phi) is 4.19. The molecule has 2 amide bonds. The molecule has 0 radical (unpaired) electrons. The molecule has 1 fully saturated rings. The molecular formula is C14H18N6O2. The van der Waals surface area contributed by atoms with Crippen molar-refractivity contribution in [3.63, 3.8) is 0 Å². The lowest BCUT2D eigenvalue weighted by atomic mass is 10.1. The quantitative estimate of drug-likeness (QED) is 0.772. The molecule has 1 aliphatic heterocycles. The Morgan fingerprint density at radius 3 is 3.00 bits per heavy atom. The summed E-state index contributed by atoms with van der Waals surface area (Å²) in [4.78, 5) is 17.9. The van der Waals surface area contributed by atoms with Crippen molar-refractivity contribution in [2.75, 3.05) is 25.4 Å². The number of aromatic nitrogens is 3. The van der Waals surface area contributed by atoms with Crippen LogP contribution in [0.3, 0.4) is 0 Å². The number of morpholine rings is 1. The SMILES string of the molecule is Nc1n[nH]c(CNC(=O)N2CCOC(c3ccccc3)C2)n1. The van der Waals surface area contributed by atoms with E-state index >= 15 is 0 Å². The Morgan fingerprint density at radius 2 is 2.27 bits per heavy atom. The summed E-state index contributed by atoms with van der Waals surface area (Å²) < 4.78 is 5.74. The number of rotatable bonds is 3. The van der Waals surface area contributed by atoms with Crippen molar-refractivity contribution in [2.24, 2.45) is 0 Å². The zero-order valence-electron chi connectivity index (χ0n) is 12.0. The van der Waals surface area contributed by atoms with E-state index in [1.807, 2.05) is 30.3 Å². The molecule has 1 unspecified atom stereocenters. The maximum Gasteiger partial charge on any atom is 0.317 e. The molecule has 0 saturated carbocycles. The molecule has 2 heterocycles. The lowest BCUT2D eigenvalue weighted by Crippen LogP contribution is -2.47. The van der Waals surface area contributed by atoms with E-state index in [2.05, 4.69) is 20.5 Å². The van der Waals surface area contributed by atoms with Gasteiger partial charge in [0.05, 0.1) is 19.7 Å². The smallest absolute Gasteiger partial charge is 0.317 e. The third-order valence-electron chi connectivity index (χ3n) is 3.48. The summed E-state index contributed by atoms with van der Waals surface area (Å²) in [5, 5.41) is 9.17. The van der Waals surface area contributed by atoms with Crippen molar-refractivity contribution in [1.82, 2.24) is 25.4 Å². The molecule has 8 heteroatoms. The number of amides is 2. The third kappa shape index (κ3) is 3.34. The van der Waals surface area contributed by atoms with Gasteiger partial charge in [-0.25, -0.2) is 4.79 Å². The van der Waals surface area contributed by atoms with Gasteiger partial charge in [-0.2, -0.15) is 4.98 Å². The molecule has 2 aromatic rings. The number of H-pyrrole nitrogens is 1. The first-order valence-corrected chi connectivity index (χ1v) is 7.08. The molecule has 1 aliphatic rings. The summed E-state index contributed by atoms with van der Waals surface area (Å²) >= 11 is 0. The van der Waals surface area contributed by atoms with Gasteiger partial charge in [0.2, 0.25) is 5.95 Å². The summed E-state index contributed by atoms with van der Waals surface area (Å²) in [6, 6.07) is 9.74. The first kappa shape index (κ1) is 14.3. The van der Waals surface area contributed by atoms with Crippen LogP contribution in [0.25, 0.3) is 0 Å². The number of benzene rings is 1. The van der Waals surface area contributed by atoms with E-state index in [4.69, 9.17) is 10.5 Å². The number of urea groups is 1. The largest absolute Gasteiger partial charge is 0.370 e. The second-order valence-corrected chi connectivity index (χ2v) is 5.02. The van der Waals surface area contributed by atoms with Gasteiger partial charge in [-0.1, -0.05) is 30.3 Å². The maximum atomic E-state index is 12.2. The Hall–Kier alpha value is -2.61. The normalized spacial score (nSPS) is 18.2. The molecule has 0 aliphatic carbocycles.